The highest BCUT2D eigenvalue weighted by atomic mass is 32.1. The minimum atomic E-state index is 0.549. The summed E-state index contributed by atoms with van der Waals surface area (Å²) in [5.41, 5.74) is 18.8. The Labute approximate surface area is 733 Å². The van der Waals surface area contributed by atoms with Crippen LogP contribution in [0.4, 0.5) is 0 Å². The Morgan fingerprint density at radius 3 is 1.45 bits per heavy atom. The quantitative estimate of drug-likeness (QED) is 0.139. The number of thiophene rings is 1. The Kier molecular flexibility index (Phi) is 15.8. The van der Waals surface area contributed by atoms with Gasteiger partial charge in [0.1, 0.15) is 22.3 Å². The van der Waals surface area contributed by atoms with Gasteiger partial charge in [0, 0.05) is 118 Å². The van der Waals surface area contributed by atoms with E-state index in [-0.39, 0.29) is 0 Å². The molecular formula is C116H66N8O3S. The first-order valence-corrected chi connectivity index (χ1v) is 43.8. The first-order valence-electron chi connectivity index (χ1n) is 43.0. The summed E-state index contributed by atoms with van der Waals surface area (Å²) >= 11 is 1.78. The number of benzene rings is 20. The van der Waals surface area contributed by atoms with Gasteiger partial charge in [-0.25, -0.2) is 29.9 Å². The molecule has 8 aromatic heterocycles. The van der Waals surface area contributed by atoms with Crippen LogP contribution in [0.25, 0.3) is 274 Å². The summed E-state index contributed by atoms with van der Waals surface area (Å²) in [4.78, 5) is 32.5. The van der Waals surface area contributed by atoms with Crippen LogP contribution in [0.5, 0.6) is 0 Å². The van der Waals surface area contributed by atoms with Crippen molar-refractivity contribution in [3.05, 3.63) is 400 Å². The summed E-state index contributed by atoms with van der Waals surface area (Å²) < 4.78 is 27.8. The Balaban J connectivity index is 0.000000132. The highest BCUT2D eigenvalue weighted by Gasteiger charge is 2.30. The van der Waals surface area contributed by atoms with Crippen molar-refractivity contribution < 1.29 is 13.3 Å². The van der Waals surface area contributed by atoms with E-state index in [1.165, 1.54) is 58.6 Å². The van der Waals surface area contributed by atoms with E-state index in [4.69, 9.17) is 43.2 Å². The van der Waals surface area contributed by atoms with Gasteiger partial charge < -0.3 is 22.4 Å². The summed E-state index contributed by atoms with van der Waals surface area (Å²) in [5, 5.41) is 24.3. The van der Waals surface area contributed by atoms with Gasteiger partial charge in [0.05, 0.1) is 33.4 Å². The van der Waals surface area contributed by atoms with Crippen molar-refractivity contribution in [2.24, 2.45) is 0 Å². The fourth-order valence-corrected chi connectivity index (χ4v) is 21.2. The van der Waals surface area contributed by atoms with Crippen LogP contribution >= 0.6 is 11.3 Å². The second kappa shape index (κ2) is 28.2. The van der Waals surface area contributed by atoms with Crippen LogP contribution < -0.4 is 0 Å². The highest BCUT2D eigenvalue weighted by Crippen LogP contribution is 2.51. The van der Waals surface area contributed by atoms with Gasteiger partial charge in [-0.2, -0.15) is 0 Å². The molecule has 20 aromatic carbocycles. The van der Waals surface area contributed by atoms with Gasteiger partial charge in [-0.3, -0.25) is 0 Å². The van der Waals surface area contributed by atoms with Gasteiger partial charge in [-0.15, -0.1) is 11.3 Å². The first kappa shape index (κ1) is 71.5. The van der Waals surface area contributed by atoms with Crippen LogP contribution in [0.15, 0.2) is 414 Å². The molecule has 0 spiro atoms. The van der Waals surface area contributed by atoms with Crippen LogP contribution in [-0.2, 0) is 0 Å². The number of aromatic nitrogens is 8. The molecule has 0 saturated carbocycles. The lowest BCUT2D eigenvalue weighted by Gasteiger charge is -2.17. The van der Waals surface area contributed by atoms with E-state index in [9.17, 15) is 0 Å². The van der Waals surface area contributed by atoms with Crippen molar-refractivity contribution in [1.29, 1.82) is 0 Å². The van der Waals surface area contributed by atoms with Crippen LogP contribution in [0.2, 0.25) is 0 Å². The van der Waals surface area contributed by atoms with E-state index < -0.39 is 0 Å². The molecule has 0 radical (unpaired) electrons. The standard InChI is InChI=1S/C59H34N4O2.C57H32N4OS/c1-2-13-35(14-3-1)37-18-12-19-40(31-37)57-60-58(41-26-30-53-48(33-41)44-22-9-11-24-52(44)64-53)62-59(61-57)46-28-29-50(56-54(46)45-27-25-36-15-6-7-20-42(36)55(45)65-56)63-49-23-10-8-21-43(49)47-32-38-16-4-5-17-39(38)34-51(47)63;1-2-17-35-32-47-45(31-34(35)16-1)37-20-7-10-28-46(37)61(47)52-40-23-6-5-22-39(40)51(50-43-24-8-11-29-48(43)62-53(50)52)57-59-55(42-26-13-18-33-15-3-4-19-36(33)42)58-56(60-57)44-27-14-25-41-38-21-9-12-30-49(38)63-54(41)44/h1-34H;1-32H. The predicted octanol–water partition coefficient (Wildman–Crippen LogP) is 31.4. The summed E-state index contributed by atoms with van der Waals surface area (Å²) in [6, 6.07) is 141. The van der Waals surface area contributed by atoms with Gasteiger partial charge in [-0.05, 0) is 157 Å². The van der Waals surface area contributed by atoms with Crippen molar-refractivity contribution in [3.63, 3.8) is 0 Å². The molecule has 0 saturated heterocycles. The largest absolute Gasteiger partial charge is 0.456 e. The van der Waals surface area contributed by atoms with Gasteiger partial charge in [0.15, 0.2) is 46.1 Å². The molecule has 0 N–H and O–H groups in total. The fourth-order valence-electron chi connectivity index (χ4n) is 20.0. The third-order valence-electron chi connectivity index (χ3n) is 25.8. The Morgan fingerprint density at radius 1 is 0.211 bits per heavy atom. The number of para-hydroxylation sites is 4. The molecule has 0 amide bonds. The summed E-state index contributed by atoms with van der Waals surface area (Å²) in [7, 11) is 0. The monoisotopic (exact) mass is 1650 g/mol. The third kappa shape index (κ3) is 11.1. The highest BCUT2D eigenvalue weighted by molar-refractivity contribution is 7.26. The van der Waals surface area contributed by atoms with Crippen LogP contribution in [0, 0.1) is 0 Å². The van der Waals surface area contributed by atoms with Crippen molar-refractivity contribution in [1.82, 2.24) is 39.0 Å². The zero-order chi connectivity index (χ0) is 83.8. The summed E-state index contributed by atoms with van der Waals surface area (Å²) in [5.74, 6) is 3.52. The van der Waals surface area contributed by atoms with E-state index >= 15 is 0 Å². The molecule has 28 aromatic rings. The molecule has 0 fully saturated rings. The number of nitrogens with zero attached hydrogens (tertiary/aromatic N) is 8. The third-order valence-corrected chi connectivity index (χ3v) is 27.0. The molecule has 8 heterocycles. The van der Waals surface area contributed by atoms with Gasteiger partial charge in [-0.1, -0.05) is 297 Å². The number of hydrogen-bond donors (Lipinski definition) is 0. The second-order valence-electron chi connectivity index (χ2n) is 33.0. The van der Waals surface area contributed by atoms with Crippen LogP contribution in [0.1, 0.15) is 0 Å². The smallest absolute Gasteiger partial charge is 0.165 e. The van der Waals surface area contributed by atoms with Crippen LogP contribution in [-0.4, -0.2) is 39.0 Å². The van der Waals surface area contributed by atoms with E-state index in [0.29, 0.717) is 34.9 Å². The van der Waals surface area contributed by atoms with Crippen molar-refractivity contribution in [2.45, 2.75) is 0 Å². The molecule has 12 heteroatoms. The van der Waals surface area contributed by atoms with Gasteiger partial charge in [0.25, 0.3) is 0 Å². The Morgan fingerprint density at radius 2 is 0.703 bits per heavy atom. The number of hydrogen-bond acceptors (Lipinski definition) is 10. The predicted molar refractivity (Wildman–Crippen MR) is 529 cm³/mol. The molecule has 0 aliphatic heterocycles. The maximum absolute atomic E-state index is 7.24. The van der Waals surface area contributed by atoms with E-state index in [2.05, 4.69) is 367 Å². The van der Waals surface area contributed by atoms with E-state index in [0.717, 1.165) is 181 Å². The zero-order valence-corrected chi connectivity index (χ0v) is 69.1. The lowest BCUT2D eigenvalue weighted by molar-refractivity contribution is 0.667. The molecule has 0 unspecified atom stereocenters. The molecule has 594 valence electrons. The van der Waals surface area contributed by atoms with Crippen molar-refractivity contribution in [2.75, 3.05) is 0 Å². The molecule has 128 heavy (non-hydrogen) atoms. The zero-order valence-electron chi connectivity index (χ0n) is 68.3. The summed E-state index contributed by atoms with van der Waals surface area (Å²) in [6.45, 7) is 0. The molecule has 28 rings (SSSR count). The number of fused-ring (bicyclic) bond motifs is 24. The lowest BCUT2D eigenvalue weighted by atomic mass is 9.95. The van der Waals surface area contributed by atoms with E-state index in [1.807, 2.05) is 42.5 Å². The summed E-state index contributed by atoms with van der Waals surface area (Å²) in [6.07, 6.45) is 0. The molecule has 0 aliphatic rings. The number of rotatable bonds is 9. The molecule has 0 bridgehead atoms. The Bertz CT molecular complexity index is 9580. The fraction of sp³-hybridized carbons (Fsp3) is 0. The minimum absolute atomic E-state index is 0.549. The molecule has 11 nitrogen and oxygen atoms in total. The second-order valence-corrected chi connectivity index (χ2v) is 34.0. The average Bonchev–Trinajstić information content (AvgIpc) is 1.55. The first-order chi connectivity index (χ1) is 63.4. The molecule has 0 atom stereocenters. The number of furan rings is 3. The molecular weight excluding hydrogens is 1590 g/mol. The lowest BCUT2D eigenvalue weighted by Crippen LogP contribution is -2.03. The Hall–Kier alpha value is -17.1. The van der Waals surface area contributed by atoms with Gasteiger partial charge in [0.2, 0.25) is 0 Å². The topological polar surface area (TPSA) is 127 Å². The van der Waals surface area contributed by atoms with Crippen molar-refractivity contribution >= 4 is 195 Å². The maximum atomic E-state index is 7.24. The van der Waals surface area contributed by atoms with Crippen LogP contribution in [0.3, 0.4) is 0 Å². The normalized spacial score (nSPS) is 12.1. The maximum Gasteiger partial charge on any atom is 0.165 e. The molecule has 0 aliphatic carbocycles. The minimum Gasteiger partial charge on any atom is -0.456 e. The van der Waals surface area contributed by atoms with Gasteiger partial charge >= 0.3 is 0 Å². The SMILES string of the molecule is c1ccc(-c2cccc(-c3nc(-c4ccc5oc6ccccc6c5c4)nc(-c4ccc(-n5c6ccccc6c6cc7ccccc7cc65)c5oc6c7ccccc7ccc6c45)n3)c2)cc1.c1ccc2cc3c(cc2c1)c1ccccc1n3-c1c2ccccc2c(-c2nc(-c3cccc4ccccc34)nc(-c3cccc4c3sc3ccccc34)n2)c2c1oc1ccccc12. The van der Waals surface area contributed by atoms with Crippen molar-refractivity contribution in [3.8, 4) is 90.8 Å². The average molecular weight is 1650 g/mol. The van der Waals surface area contributed by atoms with E-state index in [1.54, 1.807) is 11.3 Å².